The van der Waals surface area contributed by atoms with Gasteiger partial charge in [-0.1, -0.05) is 49.8 Å². The van der Waals surface area contributed by atoms with Gasteiger partial charge in [0.25, 0.3) is 5.91 Å². The number of unbranched alkanes of at least 4 members (excludes halogenated alkanes) is 1. The van der Waals surface area contributed by atoms with Gasteiger partial charge in [-0.3, -0.25) is 20.2 Å². The van der Waals surface area contributed by atoms with Crippen LogP contribution in [-0.2, 0) is 29.0 Å². The van der Waals surface area contributed by atoms with Gasteiger partial charge < -0.3 is 30.4 Å². The number of carboxylic acids is 1. The van der Waals surface area contributed by atoms with Gasteiger partial charge in [-0.15, -0.1) is 0 Å². The summed E-state index contributed by atoms with van der Waals surface area (Å²) in [6.07, 6.45) is 5.08. The van der Waals surface area contributed by atoms with Gasteiger partial charge in [-0.2, -0.15) is 0 Å². The molecule has 1 aliphatic rings. The number of hydrogen-bond acceptors (Lipinski definition) is 8. The molecular weight excluding hydrogens is 590 g/mol. The number of benzene rings is 2. The monoisotopic (exact) mass is 626 g/mol. The first-order valence-electron chi connectivity index (χ1n) is 14.6. The van der Waals surface area contributed by atoms with E-state index in [0.29, 0.717) is 19.4 Å². The maximum absolute atomic E-state index is 16.0. The highest BCUT2D eigenvalue weighted by atomic mass is 19.1. The van der Waals surface area contributed by atoms with Crippen LogP contribution in [0.25, 0.3) is 10.9 Å². The molecule has 1 aromatic heterocycles. The molecule has 0 saturated carbocycles. The number of amides is 2. The molecule has 1 aliphatic heterocycles. The second-order valence-corrected chi connectivity index (χ2v) is 10.4. The minimum atomic E-state index is -1.56. The predicted octanol–water partition coefficient (Wildman–Crippen LogP) is 2.31. The number of halogens is 2. The van der Waals surface area contributed by atoms with Crippen LogP contribution in [0, 0.1) is 11.6 Å². The molecule has 2 amide bonds. The van der Waals surface area contributed by atoms with Crippen LogP contribution in [0.1, 0.15) is 41.3 Å². The Hall–Kier alpha value is -4.82. The third-order valence-corrected chi connectivity index (χ3v) is 7.17. The lowest BCUT2D eigenvalue weighted by Crippen LogP contribution is -2.52. The molecule has 0 saturated heterocycles. The van der Waals surface area contributed by atoms with Crippen molar-refractivity contribution in [3.8, 4) is 0 Å². The topological polar surface area (TPSA) is 163 Å². The molecule has 2 atom stereocenters. The van der Waals surface area contributed by atoms with Crippen molar-refractivity contribution in [1.82, 2.24) is 31.2 Å². The van der Waals surface area contributed by atoms with E-state index < -0.39 is 59.5 Å². The van der Waals surface area contributed by atoms with Crippen molar-refractivity contribution in [3.05, 3.63) is 93.4 Å². The smallest absolute Gasteiger partial charge is 0.407 e. The number of ether oxygens (including phenoxy) is 1. The second kappa shape index (κ2) is 15.8. The van der Waals surface area contributed by atoms with Crippen molar-refractivity contribution >= 4 is 28.9 Å². The first-order valence-corrected chi connectivity index (χ1v) is 14.6. The number of nitrogens with one attached hydrogen (secondary N) is 5. The normalized spacial score (nSPS) is 14.9. The molecule has 2 heterocycles. The Balaban J connectivity index is 1.63. The summed E-state index contributed by atoms with van der Waals surface area (Å²) in [6, 6.07) is 8.61. The maximum atomic E-state index is 16.0. The van der Waals surface area contributed by atoms with E-state index in [0.717, 1.165) is 18.1 Å². The number of aryl methyl sites for hydroxylation is 2. The maximum Gasteiger partial charge on any atom is 0.407 e. The number of pyridine rings is 1. The molecular formula is C31H36F2N6O6. The lowest BCUT2D eigenvalue weighted by atomic mass is 10.0. The highest BCUT2D eigenvalue weighted by Gasteiger charge is 2.25. The quantitative estimate of drug-likeness (QED) is 0.148. The molecule has 2 aromatic carbocycles. The van der Waals surface area contributed by atoms with Gasteiger partial charge >= 0.3 is 12.1 Å². The summed E-state index contributed by atoms with van der Waals surface area (Å²) in [5.41, 5.74) is -0.932. The van der Waals surface area contributed by atoms with Gasteiger partial charge in [-0.05, 0) is 30.7 Å². The van der Waals surface area contributed by atoms with Gasteiger partial charge in [0.15, 0.2) is 5.82 Å². The molecule has 12 nitrogen and oxygen atoms in total. The molecule has 3 aromatic rings. The molecule has 6 N–H and O–H groups in total. The van der Waals surface area contributed by atoms with E-state index in [2.05, 4.69) is 26.6 Å². The fraction of sp³-hybridized carbons (Fsp3) is 0.355. The summed E-state index contributed by atoms with van der Waals surface area (Å²) in [5, 5.41) is 22.7. The highest BCUT2D eigenvalue weighted by Crippen LogP contribution is 2.24. The van der Waals surface area contributed by atoms with E-state index in [9.17, 15) is 24.3 Å². The standard InChI is InChI=1S/C31H36F2N6O6/c1-2-3-14-45-31(44)38-24(29(42)43)17-36-28(41)22-18-39(13-10-19-8-5-4-6-9-19)26-20(27(22)40)15-23(32)21(25(26)33)16-37-30-34-11-7-12-35-30/h4-9,11,15,18,24,30,34-35,37H,2-3,10,12-14,16-17H2,1H3,(H,36,41)(H,38,44)(H,42,43). The lowest BCUT2D eigenvalue weighted by molar-refractivity contribution is -0.139. The van der Waals surface area contributed by atoms with E-state index in [1.807, 2.05) is 43.3 Å². The number of carbonyl (C=O) groups excluding carboxylic acids is 2. The second-order valence-electron chi connectivity index (χ2n) is 10.4. The van der Waals surface area contributed by atoms with Crippen LogP contribution in [0.4, 0.5) is 13.6 Å². The Labute approximate surface area is 257 Å². The molecule has 0 radical (unpaired) electrons. The Bertz CT molecular complexity index is 1610. The summed E-state index contributed by atoms with van der Waals surface area (Å²) in [6.45, 7) is 1.90. The first-order chi connectivity index (χ1) is 21.7. The molecule has 0 spiro atoms. The largest absolute Gasteiger partial charge is 0.480 e. The zero-order valence-electron chi connectivity index (χ0n) is 24.7. The van der Waals surface area contributed by atoms with Crippen LogP contribution in [-0.4, -0.2) is 59.7 Å². The van der Waals surface area contributed by atoms with Crippen molar-refractivity contribution in [3.63, 3.8) is 0 Å². The van der Waals surface area contributed by atoms with Crippen molar-refractivity contribution in [2.45, 2.75) is 51.6 Å². The van der Waals surface area contributed by atoms with E-state index in [1.165, 1.54) is 10.8 Å². The van der Waals surface area contributed by atoms with Crippen molar-refractivity contribution in [2.24, 2.45) is 0 Å². The van der Waals surface area contributed by atoms with Gasteiger partial charge in [0.05, 0.1) is 17.5 Å². The molecule has 14 heteroatoms. The SMILES string of the molecule is CCCCOC(=O)NC(CNC(=O)c1cn(CCc2ccccc2)c2c(F)c(CNC3NC=CCN3)c(F)cc2c1=O)C(=O)O. The van der Waals surface area contributed by atoms with Crippen LogP contribution in [0.3, 0.4) is 0 Å². The third-order valence-electron chi connectivity index (χ3n) is 7.17. The molecule has 0 bridgehead atoms. The molecule has 0 aliphatic carbocycles. The van der Waals surface area contributed by atoms with Crippen molar-refractivity contribution in [2.75, 3.05) is 19.7 Å². The Morgan fingerprint density at radius 2 is 1.98 bits per heavy atom. The Morgan fingerprint density at radius 3 is 2.67 bits per heavy atom. The van der Waals surface area contributed by atoms with Crippen LogP contribution < -0.4 is 32.0 Å². The van der Waals surface area contributed by atoms with Gasteiger partial charge in [0, 0.05) is 37.9 Å². The number of hydrogen-bond donors (Lipinski definition) is 6. The van der Waals surface area contributed by atoms with Crippen molar-refractivity contribution in [1.29, 1.82) is 0 Å². The summed E-state index contributed by atoms with van der Waals surface area (Å²) in [5.74, 6) is -4.34. The van der Waals surface area contributed by atoms with E-state index in [1.54, 1.807) is 6.20 Å². The Morgan fingerprint density at radius 1 is 1.20 bits per heavy atom. The van der Waals surface area contributed by atoms with Crippen LogP contribution in [0.15, 0.2) is 59.7 Å². The summed E-state index contributed by atoms with van der Waals surface area (Å²) in [4.78, 5) is 50.3. The van der Waals surface area contributed by atoms with E-state index >= 15 is 8.78 Å². The average Bonchev–Trinajstić information content (AvgIpc) is 3.03. The summed E-state index contributed by atoms with van der Waals surface area (Å²) in [7, 11) is 0. The number of aliphatic carboxylic acids is 1. The van der Waals surface area contributed by atoms with Crippen molar-refractivity contribution < 1.29 is 33.0 Å². The number of carboxylic acid groups (broad SMARTS) is 1. The Kier molecular flexibility index (Phi) is 11.6. The average molecular weight is 627 g/mol. The molecule has 45 heavy (non-hydrogen) atoms. The van der Waals surface area contributed by atoms with Gasteiger partial charge in [0.2, 0.25) is 5.43 Å². The summed E-state index contributed by atoms with van der Waals surface area (Å²) < 4.78 is 37.7. The number of aromatic nitrogens is 1. The van der Waals surface area contributed by atoms with Crippen LogP contribution in [0.5, 0.6) is 0 Å². The van der Waals surface area contributed by atoms with E-state index in [-0.39, 0.29) is 36.2 Å². The van der Waals surface area contributed by atoms with Gasteiger partial charge in [-0.25, -0.2) is 18.4 Å². The molecule has 4 rings (SSSR count). The van der Waals surface area contributed by atoms with Gasteiger partial charge in [0.1, 0.15) is 23.7 Å². The fourth-order valence-electron chi connectivity index (χ4n) is 4.71. The number of alkyl carbamates (subject to hydrolysis) is 1. The lowest BCUT2D eigenvalue weighted by Gasteiger charge is -2.23. The minimum Gasteiger partial charge on any atom is -0.480 e. The number of nitrogens with zero attached hydrogens (tertiary/aromatic N) is 1. The molecule has 0 fully saturated rings. The minimum absolute atomic E-state index is 0.0945. The van der Waals surface area contributed by atoms with E-state index in [4.69, 9.17) is 4.74 Å². The number of fused-ring (bicyclic) bond motifs is 1. The zero-order chi connectivity index (χ0) is 32.3. The fourth-order valence-corrected chi connectivity index (χ4v) is 4.71. The zero-order valence-corrected chi connectivity index (χ0v) is 24.7. The third kappa shape index (κ3) is 8.64. The van der Waals surface area contributed by atoms with Crippen LogP contribution >= 0.6 is 0 Å². The van der Waals surface area contributed by atoms with Crippen LogP contribution in [0.2, 0.25) is 0 Å². The number of carbonyl (C=O) groups is 3. The predicted molar refractivity (Wildman–Crippen MR) is 162 cm³/mol. The summed E-state index contributed by atoms with van der Waals surface area (Å²) >= 11 is 0. The molecule has 240 valence electrons. The molecule has 2 unspecified atom stereocenters. The number of rotatable bonds is 14. The first kappa shape index (κ1) is 33.1. The highest BCUT2D eigenvalue weighted by molar-refractivity contribution is 5.98.